The maximum absolute atomic E-state index is 12.5. The number of carbonyl (C=O) groups is 1. The largest absolute Gasteiger partial charge is 0.354 e. The van der Waals surface area contributed by atoms with Crippen LogP contribution in [-0.4, -0.2) is 54.1 Å². The molecule has 2 aliphatic rings. The van der Waals surface area contributed by atoms with Crippen molar-refractivity contribution in [3.63, 3.8) is 0 Å². The summed E-state index contributed by atoms with van der Waals surface area (Å²) in [6.07, 6.45) is 7.74. The van der Waals surface area contributed by atoms with Crippen molar-refractivity contribution < 1.29 is 4.79 Å². The van der Waals surface area contributed by atoms with Crippen molar-refractivity contribution in [1.29, 1.82) is 5.26 Å². The number of hydrogen-bond acceptors (Lipinski definition) is 5. The number of rotatable bonds is 4. The van der Waals surface area contributed by atoms with Gasteiger partial charge in [0.15, 0.2) is 0 Å². The second-order valence-electron chi connectivity index (χ2n) is 7.11. The number of piperazine rings is 1. The molecular formula is C19H27N5O. The lowest BCUT2D eigenvalue weighted by molar-refractivity contribution is -0.123. The zero-order chi connectivity index (χ0) is 17.5. The van der Waals surface area contributed by atoms with Gasteiger partial charge in [0.2, 0.25) is 5.91 Å². The van der Waals surface area contributed by atoms with Crippen LogP contribution in [0.4, 0.5) is 5.82 Å². The second kappa shape index (κ2) is 8.30. The maximum atomic E-state index is 12.5. The first-order valence-electron chi connectivity index (χ1n) is 9.31. The minimum absolute atomic E-state index is 0.0188. The zero-order valence-corrected chi connectivity index (χ0v) is 14.8. The van der Waals surface area contributed by atoms with Gasteiger partial charge in [-0.15, -0.1) is 0 Å². The van der Waals surface area contributed by atoms with Gasteiger partial charge in [-0.1, -0.05) is 31.7 Å². The third kappa shape index (κ3) is 4.70. The molecule has 1 aromatic rings. The number of carbonyl (C=O) groups excluding carboxylic acids is 1. The molecule has 1 aliphatic carbocycles. The minimum atomic E-state index is -0.649. The Morgan fingerprint density at radius 1 is 1.16 bits per heavy atom. The fourth-order valence-corrected chi connectivity index (χ4v) is 3.78. The highest BCUT2D eigenvalue weighted by Crippen LogP contribution is 2.26. The summed E-state index contributed by atoms with van der Waals surface area (Å²) in [4.78, 5) is 21.3. The van der Waals surface area contributed by atoms with Gasteiger partial charge < -0.3 is 10.2 Å². The molecule has 2 fully saturated rings. The Bertz CT molecular complexity index is 596. The Balaban J connectivity index is 1.48. The summed E-state index contributed by atoms with van der Waals surface area (Å²) >= 11 is 0. The first-order valence-corrected chi connectivity index (χ1v) is 9.31. The van der Waals surface area contributed by atoms with Crippen LogP contribution < -0.4 is 10.2 Å². The van der Waals surface area contributed by atoms with Crippen LogP contribution in [-0.2, 0) is 4.79 Å². The third-order valence-electron chi connectivity index (χ3n) is 5.26. The number of pyridine rings is 1. The van der Waals surface area contributed by atoms with Crippen LogP contribution >= 0.6 is 0 Å². The van der Waals surface area contributed by atoms with Crippen LogP contribution in [0.5, 0.6) is 0 Å². The molecule has 1 amide bonds. The minimum Gasteiger partial charge on any atom is -0.354 e. The highest BCUT2D eigenvalue weighted by Gasteiger charge is 2.33. The molecule has 1 saturated heterocycles. The Kier molecular flexibility index (Phi) is 5.87. The van der Waals surface area contributed by atoms with Gasteiger partial charge in [-0.3, -0.25) is 9.69 Å². The van der Waals surface area contributed by atoms with Gasteiger partial charge in [0.1, 0.15) is 11.4 Å². The topological polar surface area (TPSA) is 72.3 Å². The highest BCUT2D eigenvalue weighted by atomic mass is 16.2. The molecule has 0 unspecified atom stereocenters. The molecule has 0 spiro atoms. The molecule has 1 saturated carbocycles. The molecule has 6 heteroatoms. The Labute approximate surface area is 149 Å². The summed E-state index contributed by atoms with van der Waals surface area (Å²) in [6.45, 7) is 3.79. The van der Waals surface area contributed by atoms with Crippen molar-refractivity contribution >= 4 is 11.7 Å². The van der Waals surface area contributed by atoms with E-state index in [9.17, 15) is 10.1 Å². The first-order chi connectivity index (χ1) is 12.2. The fourth-order valence-electron chi connectivity index (χ4n) is 3.78. The normalized spacial score (nSPS) is 21.2. The average molecular weight is 341 g/mol. The van der Waals surface area contributed by atoms with E-state index in [0.717, 1.165) is 70.5 Å². The molecule has 6 nitrogen and oxygen atoms in total. The van der Waals surface area contributed by atoms with E-state index in [2.05, 4.69) is 26.2 Å². The molecule has 134 valence electrons. The monoisotopic (exact) mass is 341 g/mol. The number of hydrogen-bond donors (Lipinski definition) is 1. The average Bonchev–Trinajstić information content (AvgIpc) is 2.89. The number of nitrogens with one attached hydrogen (secondary N) is 1. The van der Waals surface area contributed by atoms with Crippen LogP contribution in [0.15, 0.2) is 24.4 Å². The van der Waals surface area contributed by atoms with Crippen LogP contribution in [0.3, 0.4) is 0 Å². The van der Waals surface area contributed by atoms with Crippen molar-refractivity contribution in [2.75, 3.05) is 37.6 Å². The van der Waals surface area contributed by atoms with Gasteiger partial charge in [-0.25, -0.2) is 4.98 Å². The predicted molar refractivity (Wildman–Crippen MR) is 97.1 cm³/mol. The van der Waals surface area contributed by atoms with Gasteiger partial charge in [0.25, 0.3) is 0 Å². The first kappa shape index (κ1) is 17.7. The number of aromatic nitrogens is 1. The summed E-state index contributed by atoms with van der Waals surface area (Å²) in [7, 11) is 0. The molecule has 25 heavy (non-hydrogen) atoms. The number of amides is 1. The third-order valence-corrected chi connectivity index (χ3v) is 5.26. The molecule has 1 aromatic heterocycles. The molecular weight excluding hydrogens is 314 g/mol. The number of anilines is 1. The van der Waals surface area contributed by atoms with E-state index in [1.165, 1.54) is 0 Å². The summed E-state index contributed by atoms with van der Waals surface area (Å²) in [6, 6.07) is 8.32. The Morgan fingerprint density at radius 3 is 2.48 bits per heavy atom. The number of nitrogens with zero attached hydrogens (tertiary/aromatic N) is 4. The molecule has 0 aromatic carbocycles. The molecule has 0 atom stereocenters. The van der Waals surface area contributed by atoms with Crippen LogP contribution in [0.1, 0.15) is 38.5 Å². The Hall–Kier alpha value is -2.13. The van der Waals surface area contributed by atoms with Crippen LogP contribution in [0.2, 0.25) is 0 Å². The van der Waals surface area contributed by atoms with E-state index >= 15 is 0 Å². The van der Waals surface area contributed by atoms with Crippen molar-refractivity contribution in [2.45, 2.75) is 44.1 Å². The zero-order valence-electron chi connectivity index (χ0n) is 14.8. The molecule has 1 aliphatic heterocycles. The van der Waals surface area contributed by atoms with E-state index in [0.29, 0.717) is 6.54 Å². The van der Waals surface area contributed by atoms with E-state index in [1.807, 2.05) is 24.4 Å². The van der Waals surface area contributed by atoms with Gasteiger partial charge in [0.05, 0.1) is 12.6 Å². The van der Waals surface area contributed by atoms with Crippen LogP contribution in [0, 0.1) is 11.3 Å². The van der Waals surface area contributed by atoms with E-state index < -0.39 is 5.54 Å². The molecule has 0 radical (unpaired) electrons. The molecule has 0 bridgehead atoms. The smallest absolute Gasteiger partial charge is 0.235 e. The van der Waals surface area contributed by atoms with Crippen molar-refractivity contribution in [3.8, 4) is 6.07 Å². The molecule has 2 heterocycles. The summed E-state index contributed by atoms with van der Waals surface area (Å²) in [5.74, 6) is 0.975. The summed E-state index contributed by atoms with van der Waals surface area (Å²) in [5, 5.41) is 12.6. The molecule has 3 rings (SSSR count). The van der Waals surface area contributed by atoms with Crippen molar-refractivity contribution in [1.82, 2.24) is 15.2 Å². The Morgan fingerprint density at radius 2 is 1.88 bits per heavy atom. The van der Waals surface area contributed by atoms with Gasteiger partial charge >= 0.3 is 0 Å². The van der Waals surface area contributed by atoms with Gasteiger partial charge in [-0.2, -0.15) is 5.26 Å². The van der Waals surface area contributed by atoms with Crippen LogP contribution in [0.25, 0.3) is 0 Å². The van der Waals surface area contributed by atoms with Gasteiger partial charge in [-0.05, 0) is 25.0 Å². The van der Waals surface area contributed by atoms with E-state index in [-0.39, 0.29) is 5.91 Å². The van der Waals surface area contributed by atoms with Crippen molar-refractivity contribution in [2.24, 2.45) is 0 Å². The van der Waals surface area contributed by atoms with E-state index in [1.54, 1.807) is 0 Å². The second-order valence-corrected chi connectivity index (χ2v) is 7.11. The standard InChI is InChI=1S/C19H27N5O/c20-16-19(8-4-1-2-5-9-19)22-18(25)15-23-11-13-24(14-12-23)17-7-3-6-10-21-17/h3,6-7,10H,1-2,4-5,8-9,11-15H2,(H,22,25). The van der Waals surface area contributed by atoms with E-state index in [4.69, 9.17) is 0 Å². The van der Waals surface area contributed by atoms with Gasteiger partial charge in [0, 0.05) is 32.4 Å². The predicted octanol–water partition coefficient (Wildman–Crippen LogP) is 1.94. The van der Waals surface area contributed by atoms with Crippen molar-refractivity contribution in [3.05, 3.63) is 24.4 Å². The number of nitriles is 1. The molecule has 1 N–H and O–H groups in total. The fraction of sp³-hybridized carbons (Fsp3) is 0.632. The SMILES string of the molecule is N#CC1(NC(=O)CN2CCN(c3ccccn3)CC2)CCCCCC1. The lowest BCUT2D eigenvalue weighted by atomic mass is 9.92. The summed E-state index contributed by atoms with van der Waals surface area (Å²) in [5.41, 5.74) is -0.649. The highest BCUT2D eigenvalue weighted by molar-refractivity contribution is 5.79. The maximum Gasteiger partial charge on any atom is 0.235 e. The lowest BCUT2D eigenvalue weighted by Crippen LogP contribution is -2.53. The quantitative estimate of drug-likeness (QED) is 0.847. The summed E-state index contributed by atoms with van der Waals surface area (Å²) < 4.78 is 0. The lowest BCUT2D eigenvalue weighted by Gasteiger charge is -2.35.